The lowest BCUT2D eigenvalue weighted by Gasteiger charge is -2.38. The third kappa shape index (κ3) is 2.89. The van der Waals surface area contributed by atoms with Crippen molar-refractivity contribution in [2.75, 3.05) is 13.2 Å². The van der Waals surface area contributed by atoms with E-state index in [1.54, 1.807) is 13.8 Å². The minimum Gasteiger partial charge on any atom is -0.394 e. The van der Waals surface area contributed by atoms with Gasteiger partial charge >= 0.3 is 0 Å². The molecule has 0 aromatic carbocycles. The zero-order valence-electron chi connectivity index (χ0n) is 12.3. The van der Waals surface area contributed by atoms with Crippen LogP contribution in [-0.4, -0.2) is 36.5 Å². The second-order valence-electron chi connectivity index (χ2n) is 5.94. The first-order valence-electron chi connectivity index (χ1n) is 6.94. The van der Waals surface area contributed by atoms with Crippen LogP contribution < -0.4 is 4.72 Å². The molecule has 2 N–H and O–H groups in total. The molecule has 1 aromatic heterocycles. The number of rotatable bonds is 6. The van der Waals surface area contributed by atoms with Gasteiger partial charge in [0.2, 0.25) is 10.0 Å². The summed E-state index contributed by atoms with van der Waals surface area (Å²) in [7, 11) is -3.54. The van der Waals surface area contributed by atoms with Crippen molar-refractivity contribution >= 4 is 10.0 Å². The Morgan fingerprint density at radius 3 is 2.55 bits per heavy atom. The zero-order valence-corrected chi connectivity index (χ0v) is 13.1. The Labute approximate surface area is 120 Å². The highest BCUT2D eigenvalue weighted by Crippen LogP contribution is 2.39. The maximum Gasteiger partial charge on any atom is 0.244 e. The van der Waals surface area contributed by atoms with E-state index in [1.165, 1.54) is 11.1 Å². The summed E-state index contributed by atoms with van der Waals surface area (Å²) in [6, 6.07) is 0. The van der Waals surface area contributed by atoms with Gasteiger partial charge in [0.15, 0.2) is 0 Å². The Morgan fingerprint density at radius 2 is 2.05 bits per heavy atom. The van der Waals surface area contributed by atoms with Crippen molar-refractivity contribution in [1.82, 2.24) is 14.5 Å². The molecular weight excluding hydrogens is 278 g/mol. The normalized spacial score (nSPS) is 18.0. The van der Waals surface area contributed by atoms with Gasteiger partial charge in [-0.3, -0.25) is 4.68 Å². The number of sulfonamides is 1. The van der Waals surface area contributed by atoms with Crippen LogP contribution in [0.3, 0.4) is 0 Å². The molecule has 0 spiro atoms. The smallest absolute Gasteiger partial charge is 0.244 e. The lowest BCUT2D eigenvalue weighted by atomic mass is 9.71. The number of hydrogen-bond acceptors (Lipinski definition) is 4. The molecule has 6 nitrogen and oxygen atoms in total. The van der Waals surface area contributed by atoms with E-state index in [2.05, 4.69) is 16.7 Å². The fraction of sp³-hybridized carbons (Fsp3) is 0.769. The molecule has 0 bridgehead atoms. The molecule has 2 rings (SSSR count). The van der Waals surface area contributed by atoms with Gasteiger partial charge in [-0.2, -0.15) is 5.10 Å². The van der Waals surface area contributed by atoms with Crippen molar-refractivity contribution in [1.29, 1.82) is 0 Å². The second-order valence-corrected chi connectivity index (χ2v) is 7.64. The summed E-state index contributed by atoms with van der Waals surface area (Å²) < 4.78 is 29.2. The summed E-state index contributed by atoms with van der Waals surface area (Å²) in [5.74, 6) is 0. The Kier molecular flexibility index (Phi) is 4.22. The van der Waals surface area contributed by atoms with E-state index in [4.69, 9.17) is 5.11 Å². The molecule has 0 saturated heterocycles. The van der Waals surface area contributed by atoms with Gasteiger partial charge in [0.25, 0.3) is 0 Å². The largest absolute Gasteiger partial charge is 0.394 e. The molecule has 1 aliphatic rings. The Hall–Kier alpha value is -0.920. The fourth-order valence-corrected chi connectivity index (χ4v) is 4.29. The van der Waals surface area contributed by atoms with Crippen LogP contribution in [0.5, 0.6) is 0 Å². The molecule has 20 heavy (non-hydrogen) atoms. The molecule has 1 aliphatic carbocycles. The van der Waals surface area contributed by atoms with E-state index in [0.717, 1.165) is 12.8 Å². The highest BCUT2D eigenvalue weighted by molar-refractivity contribution is 7.89. The molecule has 1 heterocycles. The molecule has 0 unspecified atom stereocenters. The van der Waals surface area contributed by atoms with Gasteiger partial charge in [0.05, 0.1) is 24.5 Å². The molecule has 114 valence electrons. The first-order chi connectivity index (χ1) is 9.29. The van der Waals surface area contributed by atoms with E-state index in [0.29, 0.717) is 24.5 Å². The van der Waals surface area contributed by atoms with E-state index in [-0.39, 0.29) is 16.9 Å². The molecular formula is C13H23N3O3S. The first kappa shape index (κ1) is 15.5. The van der Waals surface area contributed by atoms with E-state index in [9.17, 15) is 8.42 Å². The minimum atomic E-state index is -3.54. The van der Waals surface area contributed by atoms with Crippen molar-refractivity contribution in [2.24, 2.45) is 5.41 Å². The maximum atomic E-state index is 12.5. The topological polar surface area (TPSA) is 84.2 Å². The molecule has 1 aromatic rings. The standard InChI is InChI=1S/C13H23N3O3S/c1-10-12(11(2)16(15-10)7-8-17)20(18,19)14-9-13(3)5-4-6-13/h14,17H,4-9H2,1-3H3. The van der Waals surface area contributed by atoms with Crippen LogP contribution >= 0.6 is 0 Å². The van der Waals surface area contributed by atoms with Gasteiger partial charge in [-0.05, 0) is 32.1 Å². The monoisotopic (exact) mass is 301 g/mol. The average Bonchev–Trinajstić information content (AvgIpc) is 2.61. The van der Waals surface area contributed by atoms with Gasteiger partial charge in [-0.25, -0.2) is 13.1 Å². The average molecular weight is 301 g/mol. The molecule has 1 saturated carbocycles. The fourth-order valence-electron chi connectivity index (χ4n) is 2.68. The van der Waals surface area contributed by atoms with Gasteiger partial charge in [-0.15, -0.1) is 0 Å². The minimum absolute atomic E-state index is 0.0626. The molecule has 0 amide bonds. The number of aromatic nitrogens is 2. The number of aliphatic hydroxyl groups excluding tert-OH is 1. The molecule has 7 heteroatoms. The van der Waals surface area contributed by atoms with Gasteiger partial charge < -0.3 is 5.11 Å². The van der Waals surface area contributed by atoms with Crippen LogP contribution in [0.4, 0.5) is 0 Å². The lowest BCUT2D eigenvalue weighted by molar-refractivity contribution is 0.166. The summed E-state index contributed by atoms with van der Waals surface area (Å²) in [6.07, 6.45) is 3.30. The van der Waals surface area contributed by atoms with Crippen LogP contribution in [0, 0.1) is 19.3 Å². The zero-order chi connectivity index (χ0) is 15.0. The summed E-state index contributed by atoms with van der Waals surface area (Å²) in [5, 5.41) is 13.2. The van der Waals surface area contributed by atoms with E-state index in [1.807, 2.05) is 0 Å². The molecule has 0 atom stereocenters. The van der Waals surface area contributed by atoms with Crippen LogP contribution in [0.15, 0.2) is 4.90 Å². The van der Waals surface area contributed by atoms with Gasteiger partial charge in [-0.1, -0.05) is 13.3 Å². The predicted molar refractivity (Wildman–Crippen MR) is 75.9 cm³/mol. The van der Waals surface area contributed by atoms with E-state index < -0.39 is 10.0 Å². The highest BCUT2D eigenvalue weighted by atomic mass is 32.2. The third-order valence-corrected chi connectivity index (χ3v) is 5.80. The maximum absolute atomic E-state index is 12.5. The van der Waals surface area contributed by atoms with Crippen LogP contribution in [0.2, 0.25) is 0 Å². The summed E-state index contributed by atoms with van der Waals surface area (Å²) >= 11 is 0. The predicted octanol–water partition coefficient (Wildman–Crippen LogP) is 0.961. The van der Waals surface area contributed by atoms with Crippen molar-refractivity contribution in [2.45, 2.75) is 51.5 Å². The van der Waals surface area contributed by atoms with Crippen molar-refractivity contribution in [3.05, 3.63) is 11.4 Å². The Morgan fingerprint density at radius 1 is 1.40 bits per heavy atom. The number of aryl methyl sites for hydroxylation is 1. The van der Waals surface area contributed by atoms with Crippen LogP contribution in [-0.2, 0) is 16.6 Å². The SMILES string of the molecule is Cc1nn(CCO)c(C)c1S(=O)(=O)NCC1(C)CCC1. The Balaban J connectivity index is 2.20. The van der Waals surface area contributed by atoms with Gasteiger partial charge in [0.1, 0.15) is 4.90 Å². The van der Waals surface area contributed by atoms with Crippen molar-refractivity contribution in [3.8, 4) is 0 Å². The summed E-state index contributed by atoms with van der Waals surface area (Å²) in [6.45, 7) is 6.22. The van der Waals surface area contributed by atoms with Crippen molar-refractivity contribution < 1.29 is 13.5 Å². The number of nitrogens with one attached hydrogen (secondary N) is 1. The second kappa shape index (κ2) is 5.46. The quantitative estimate of drug-likeness (QED) is 0.819. The van der Waals surface area contributed by atoms with Crippen LogP contribution in [0.1, 0.15) is 37.6 Å². The lowest BCUT2D eigenvalue weighted by Crippen LogP contribution is -2.40. The van der Waals surface area contributed by atoms with Crippen LogP contribution in [0.25, 0.3) is 0 Å². The molecule has 0 radical (unpaired) electrons. The Bertz CT molecular complexity index is 588. The van der Waals surface area contributed by atoms with E-state index >= 15 is 0 Å². The number of hydrogen-bond donors (Lipinski definition) is 2. The third-order valence-electron chi connectivity index (χ3n) is 4.15. The number of aliphatic hydroxyl groups is 1. The molecule has 1 fully saturated rings. The highest BCUT2D eigenvalue weighted by Gasteiger charge is 2.34. The number of nitrogens with zero attached hydrogens (tertiary/aromatic N) is 2. The summed E-state index contributed by atoms with van der Waals surface area (Å²) in [4.78, 5) is 0.244. The summed E-state index contributed by atoms with van der Waals surface area (Å²) in [5.41, 5.74) is 1.14. The van der Waals surface area contributed by atoms with Gasteiger partial charge in [0, 0.05) is 6.54 Å². The first-order valence-corrected chi connectivity index (χ1v) is 8.42. The van der Waals surface area contributed by atoms with Crippen molar-refractivity contribution in [3.63, 3.8) is 0 Å². The molecule has 0 aliphatic heterocycles.